The highest BCUT2D eigenvalue weighted by atomic mass is 32.2. The van der Waals surface area contributed by atoms with Crippen molar-refractivity contribution in [3.8, 4) is 0 Å². The fourth-order valence-electron chi connectivity index (χ4n) is 0.392. The SMILES string of the molecule is NN=C1N=C(N)CS1. The monoisotopic (exact) mass is 130 g/mol. The van der Waals surface area contributed by atoms with E-state index in [9.17, 15) is 0 Å². The van der Waals surface area contributed by atoms with Crippen LogP contribution in [-0.2, 0) is 0 Å². The maximum Gasteiger partial charge on any atom is 0.208 e. The number of thioether (sulfide) groups is 1. The van der Waals surface area contributed by atoms with Crippen molar-refractivity contribution in [2.24, 2.45) is 21.7 Å². The molecule has 0 fully saturated rings. The normalized spacial score (nSPS) is 24.0. The van der Waals surface area contributed by atoms with Crippen LogP contribution in [0, 0.1) is 0 Å². The van der Waals surface area contributed by atoms with Crippen molar-refractivity contribution in [2.45, 2.75) is 0 Å². The Balaban J connectivity index is 2.67. The van der Waals surface area contributed by atoms with Crippen LogP contribution in [0.25, 0.3) is 0 Å². The zero-order valence-electron chi connectivity index (χ0n) is 4.16. The number of aliphatic imine (C=N–C) groups is 1. The number of hydrogen-bond acceptors (Lipinski definition) is 4. The maximum atomic E-state index is 5.29. The Morgan fingerprint density at radius 1 is 1.75 bits per heavy atom. The first kappa shape index (κ1) is 5.43. The van der Waals surface area contributed by atoms with Crippen molar-refractivity contribution < 1.29 is 0 Å². The fourth-order valence-corrected chi connectivity index (χ4v) is 0.990. The van der Waals surface area contributed by atoms with Crippen LogP contribution in [0.15, 0.2) is 10.1 Å². The zero-order chi connectivity index (χ0) is 5.98. The third-order valence-electron chi connectivity index (χ3n) is 0.699. The second-order valence-electron chi connectivity index (χ2n) is 1.30. The van der Waals surface area contributed by atoms with E-state index in [4.69, 9.17) is 11.6 Å². The van der Waals surface area contributed by atoms with E-state index >= 15 is 0 Å². The predicted molar refractivity (Wildman–Crippen MR) is 35.7 cm³/mol. The molecular weight excluding hydrogens is 124 g/mol. The average Bonchev–Trinajstić information content (AvgIpc) is 2.14. The molecule has 0 bridgehead atoms. The third kappa shape index (κ3) is 0.919. The minimum absolute atomic E-state index is 0.572. The lowest BCUT2D eigenvalue weighted by molar-refractivity contribution is 1.25. The third-order valence-corrected chi connectivity index (χ3v) is 1.59. The topological polar surface area (TPSA) is 76.8 Å². The summed E-state index contributed by atoms with van der Waals surface area (Å²) in [5, 5.41) is 3.92. The lowest BCUT2D eigenvalue weighted by atomic mass is 10.7. The standard InChI is InChI=1S/C3H6N4S/c4-2-1-8-3(6-2)7-5/h1,5H2,(H2,4,6,7). The molecule has 8 heavy (non-hydrogen) atoms. The molecule has 4 N–H and O–H groups in total. The van der Waals surface area contributed by atoms with Gasteiger partial charge in [0.2, 0.25) is 5.17 Å². The first-order chi connectivity index (χ1) is 3.83. The minimum atomic E-state index is 0.572. The number of nitrogens with two attached hydrogens (primary N) is 2. The summed E-state index contributed by atoms with van der Waals surface area (Å²) in [6.07, 6.45) is 0. The van der Waals surface area contributed by atoms with Gasteiger partial charge in [-0.05, 0) is 0 Å². The lowest BCUT2D eigenvalue weighted by Crippen LogP contribution is -2.09. The van der Waals surface area contributed by atoms with Crippen molar-refractivity contribution >= 4 is 22.8 Å². The van der Waals surface area contributed by atoms with Crippen LogP contribution in [-0.4, -0.2) is 16.8 Å². The molecule has 0 radical (unpaired) electrons. The highest BCUT2D eigenvalue weighted by Gasteiger charge is 2.08. The van der Waals surface area contributed by atoms with Gasteiger partial charge in [0, 0.05) is 0 Å². The van der Waals surface area contributed by atoms with Crippen LogP contribution >= 0.6 is 11.8 Å². The molecule has 0 amide bonds. The molecule has 44 valence electrons. The van der Waals surface area contributed by atoms with E-state index in [1.807, 2.05) is 0 Å². The number of amidine groups is 2. The number of rotatable bonds is 0. The van der Waals surface area contributed by atoms with Gasteiger partial charge in [0.05, 0.1) is 5.75 Å². The van der Waals surface area contributed by atoms with E-state index < -0.39 is 0 Å². The summed E-state index contributed by atoms with van der Waals surface area (Å²) in [6.45, 7) is 0. The smallest absolute Gasteiger partial charge is 0.208 e. The molecule has 1 aliphatic rings. The summed E-state index contributed by atoms with van der Waals surface area (Å²) in [5.41, 5.74) is 5.29. The van der Waals surface area contributed by atoms with Crippen molar-refractivity contribution in [1.82, 2.24) is 0 Å². The van der Waals surface area contributed by atoms with Crippen molar-refractivity contribution in [3.63, 3.8) is 0 Å². The average molecular weight is 130 g/mol. The first-order valence-corrected chi connectivity index (χ1v) is 3.05. The van der Waals surface area contributed by atoms with Gasteiger partial charge in [-0.15, -0.1) is 0 Å². The summed E-state index contributed by atoms with van der Waals surface area (Å²) in [5.74, 6) is 6.22. The van der Waals surface area contributed by atoms with Gasteiger partial charge in [-0.1, -0.05) is 11.8 Å². The number of nitrogens with zero attached hydrogens (tertiary/aromatic N) is 2. The Morgan fingerprint density at radius 3 is 2.75 bits per heavy atom. The number of hydrazone groups is 1. The molecule has 0 saturated carbocycles. The van der Waals surface area contributed by atoms with Gasteiger partial charge in [-0.25, -0.2) is 4.99 Å². The summed E-state index contributed by atoms with van der Waals surface area (Å²) in [4.78, 5) is 3.79. The largest absolute Gasteiger partial charge is 0.386 e. The van der Waals surface area contributed by atoms with E-state index in [1.54, 1.807) is 0 Å². The van der Waals surface area contributed by atoms with Crippen LogP contribution in [0.5, 0.6) is 0 Å². The maximum absolute atomic E-state index is 5.29. The van der Waals surface area contributed by atoms with Gasteiger partial charge in [0.1, 0.15) is 5.84 Å². The molecule has 1 aliphatic heterocycles. The Hall–Kier alpha value is -0.710. The van der Waals surface area contributed by atoms with Crippen molar-refractivity contribution in [3.05, 3.63) is 0 Å². The second kappa shape index (κ2) is 2.04. The molecule has 0 saturated heterocycles. The van der Waals surface area contributed by atoms with Crippen molar-refractivity contribution in [1.29, 1.82) is 0 Å². The lowest BCUT2D eigenvalue weighted by Gasteiger charge is -1.79. The summed E-state index contributed by atoms with van der Waals surface area (Å²) >= 11 is 1.45. The molecule has 0 atom stereocenters. The summed E-state index contributed by atoms with van der Waals surface area (Å²) in [7, 11) is 0. The molecule has 1 rings (SSSR count). The molecule has 0 aromatic carbocycles. The van der Waals surface area contributed by atoms with Crippen molar-refractivity contribution in [2.75, 3.05) is 5.75 Å². The van der Waals surface area contributed by atoms with E-state index in [2.05, 4.69) is 10.1 Å². The zero-order valence-corrected chi connectivity index (χ0v) is 4.98. The van der Waals surface area contributed by atoms with Crippen LogP contribution in [0.3, 0.4) is 0 Å². The molecule has 1 heterocycles. The molecular formula is C3H6N4S. The van der Waals surface area contributed by atoms with Gasteiger partial charge >= 0.3 is 0 Å². The van der Waals surface area contributed by atoms with E-state index in [0.29, 0.717) is 11.0 Å². The van der Waals surface area contributed by atoms with Crippen LogP contribution in [0.1, 0.15) is 0 Å². The Bertz CT molecular complexity index is 149. The molecule has 0 aromatic rings. The van der Waals surface area contributed by atoms with Gasteiger partial charge in [-0.2, -0.15) is 5.10 Å². The summed E-state index contributed by atoms with van der Waals surface area (Å²) in [6, 6.07) is 0. The Morgan fingerprint density at radius 2 is 2.50 bits per heavy atom. The van der Waals surface area contributed by atoms with E-state index in [0.717, 1.165) is 5.75 Å². The van der Waals surface area contributed by atoms with Gasteiger partial charge < -0.3 is 11.6 Å². The Labute approximate surface area is 51.0 Å². The highest BCUT2D eigenvalue weighted by Crippen LogP contribution is 2.10. The quantitative estimate of drug-likeness (QED) is 0.337. The minimum Gasteiger partial charge on any atom is -0.386 e. The predicted octanol–water partition coefficient (Wildman–Crippen LogP) is -0.680. The fraction of sp³-hybridized carbons (Fsp3) is 0.333. The van der Waals surface area contributed by atoms with E-state index in [1.165, 1.54) is 11.8 Å². The molecule has 4 nitrogen and oxygen atoms in total. The van der Waals surface area contributed by atoms with Crippen LogP contribution < -0.4 is 11.6 Å². The molecule has 5 heteroatoms. The Kier molecular flexibility index (Phi) is 1.38. The van der Waals surface area contributed by atoms with Crippen LogP contribution in [0.2, 0.25) is 0 Å². The first-order valence-electron chi connectivity index (χ1n) is 2.06. The highest BCUT2D eigenvalue weighted by molar-refractivity contribution is 8.14. The van der Waals surface area contributed by atoms with Gasteiger partial charge in [0.15, 0.2) is 0 Å². The molecule has 0 aliphatic carbocycles. The van der Waals surface area contributed by atoms with Crippen LogP contribution in [0.4, 0.5) is 0 Å². The van der Waals surface area contributed by atoms with E-state index in [-0.39, 0.29) is 0 Å². The van der Waals surface area contributed by atoms with Gasteiger partial charge in [-0.3, -0.25) is 0 Å². The molecule has 0 spiro atoms. The number of hydrogen-bond donors (Lipinski definition) is 2. The molecule has 0 aromatic heterocycles. The second-order valence-corrected chi connectivity index (χ2v) is 2.25. The summed E-state index contributed by atoms with van der Waals surface area (Å²) < 4.78 is 0. The van der Waals surface area contributed by atoms with Gasteiger partial charge in [0.25, 0.3) is 0 Å². The molecule has 0 unspecified atom stereocenters.